The molecule has 1 N–H and O–H groups in total. The predicted octanol–water partition coefficient (Wildman–Crippen LogP) is 3.40. The maximum absolute atomic E-state index is 13.3. The minimum absolute atomic E-state index is 0.0668. The van der Waals surface area contributed by atoms with E-state index < -0.39 is 23.8 Å². The third kappa shape index (κ3) is 3.38. The van der Waals surface area contributed by atoms with E-state index in [1.165, 1.54) is 23.1 Å². The number of halogens is 3. The van der Waals surface area contributed by atoms with E-state index in [4.69, 9.17) is 17.0 Å². The lowest BCUT2D eigenvalue weighted by molar-refractivity contribution is -0.141. The molecule has 24 heavy (non-hydrogen) atoms. The molecule has 1 unspecified atom stereocenters. The van der Waals surface area contributed by atoms with Crippen LogP contribution in [-0.4, -0.2) is 29.6 Å². The Morgan fingerprint density at radius 2 is 2.00 bits per heavy atom. The zero-order valence-corrected chi connectivity index (χ0v) is 14.2. The van der Waals surface area contributed by atoms with Gasteiger partial charge in [0.05, 0.1) is 23.8 Å². The standard InChI is InChI=1S/C16H17F3N2O2S/c1-4-23-14(22)12-9(2)21(3)15(24)20-13(12)10-7-5-6-8-11(10)16(17,18)19/h5-8,13H,4H2,1-3H3,(H,20,24). The molecule has 0 bridgehead atoms. The Labute approximate surface area is 143 Å². The first kappa shape index (κ1) is 18.3. The van der Waals surface area contributed by atoms with E-state index in [-0.39, 0.29) is 22.9 Å². The Bertz CT molecular complexity index is 701. The van der Waals surface area contributed by atoms with Gasteiger partial charge in [-0.2, -0.15) is 13.2 Å². The summed E-state index contributed by atoms with van der Waals surface area (Å²) >= 11 is 5.17. The lowest BCUT2D eigenvalue weighted by atomic mass is 9.91. The van der Waals surface area contributed by atoms with Crippen molar-refractivity contribution in [2.75, 3.05) is 13.7 Å². The second kappa shape index (κ2) is 6.80. The molecule has 2 rings (SSSR count). The molecular formula is C16H17F3N2O2S. The van der Waals surface area contributed by atoms with Crippen molar-refractivity contribution < 1.29 is 22.7 Å². The average molecular weight is 358 g/mol. The Morgan fingerprint density at radius 3 is 2.58 bits per heavy atom. The zero-order valence-electron chi connectivity index (χ0n) is 13.4. The number of hydrogen-bond donors (Lipinski definition) is 1. The number of esters is 1. The third-order valence-corrected chi connectivity index (χ3v) is 4.22. The van der Waals surface area contributed by atoms with Crippen LogP contribution < -0.4 is 5.32 Å². The first-order chi connectivity index (χ1) is 11.2. The van der Waals surface area contributed by atoms with E-state index >= 15 is 0 Å². The highest BCUT2D eigenvalue weighted by atomic mass is 32.1. The van der Waals surface area contributed by atoms with Crippen molar-refractivity contribution in [2.45, 2.75) is 26.1 Å². The number of benzene rings is 1. The van der Waals surface area contributed by atoms with Crippen molar-refractivity contribution in [3.63, 3.8) is 0 Å². The Kier molecular flexibility index (Phi) is 5.17. The summed E-state index contributed by atoms with van der Waals surface area (Å²) in [5.41, 5.74) is -0.309. The van der Waals surface area contributed by atoms with Crippen LogP contribution in [0.2, 0.25) is 0 Å². The van der Waals surface area contributed by atoms with E-state index in [9.17, 15) is 18.0 Å². The summed E-state index contributed by atoms with van der Waals surface area (Å²) in [7, 11) is 1.63. The number of thiocarbonyl (C=S) groups is 1. The zero-order chi connectivity index (χ0) is 18.1. The molecule has 0 amide bonds. The molecule has 4 nitrogen and oxygen atoms in total. The molecule has 0 spiro atoms. The van der Waals surface area contributed by atoms with E-state index in [0.717, 1.165) is 6.07 Å². The van der Waals surface area contributed by atoms with Crippen LogP contribution in [0.15, 0.2) is 35.5 Å². The molecule has 1 aliphatic heterocycles. The highest BCUT2D eigenvalue weighted by Crippen LogP contribution is 2.39. The number of carbonyl (C=O) groups excluding carboxylic acids is 1. The molecular weight excluding hydrogens is 341 g/mol. The quantitative estimate of drug-likeness (QED) is 0.663. The smallest absolute Gasteiger partial charge is 0.416 e. The summed E-state index contributed by atoms with van der Waals surface area (Å²) in [6.07, 6.45) is -4.54. The van der Waals surface area contributed by atoms with Gasteiger partial charge < -0.3 is 15.0 Å². The normalized spacial score (nSPS) is 18.5. The van der Waals surface area contributed by atoms with Gasteiger partial charge in [0.1, 0.15) is 0 Å². The van der Waals surface area contributed by atoms with Crippen LogP contribution in [0.4, 0.5) is 13.2 Å². The van der Waals surface area contributed by atoms with Gasteiger partial charge in [-0.15, -0.1) is 0 Å². The number of nitrogens with one attached hydrogen (secondary N) is 1. The van der Waals surface area contributed by atoms with Crippen molar-refractivity contribution in [1.29, 1.82) is 0 Å². The fourth-order valence-electron chi connectivity index (χ4n) is 2.55. The van der Waals surface area contributed by atoms with Crippen molar-refractivity contribution >= 4 is 23.3 Å². The highest BCUT2D eigenvalue weighted by Gasteiger charge is 2.40. The lowest BCUT2D eigenvalue weighted by Crippen LogP contribution is -2.46. The Balaban J connectivity index is 2.63. The maximum Gasteiger partial charge on any atom is 0.416 e. The summed E-state index contributed by atoms with van der Waals surface area (Å²) in [5.74, 6) is -0.668. The molecule has 0 radical (unpaired) electrons. The number of allylic oxidation sites excluding steroid dienone is 1. The number of carbonyl (C=O) groups is 1. The van der Waals surface area contributed by atoms with Crippen molar-refractivity contribution in [3.8, 4) is 0 Å². The molecule has 1 aliphatic rings. The molecule has 8 heteroatoms. The van der Waals surface area contributed by atoms with Gasteiger partial charge in [-0.05, 0) is 37.7 Å². The minimum atomic E-state index is -4.54. The number of hydrogen-bond acceptors (Lipinski definition) is 3. The van der Waals surface area contributed by atoms with Gasteiger partial charge in [-0.25, -0.2) is 4.79 Å². The van der Waals surface area contributed by atoms with Gasteiger partial charge in [0.15, 0.2) is 5.11 Å². The van der Waals surface area contributed by atoms with Gasteiger partial charge >= 0.3 is 12.1 Å². The largest absolute Gasteiger partial charge is 0.463 e. The van der Waals surface area contributed by atoms with Gasteiger partial charge in [0, 0.05) is 12.7 Å². The summed E-state index contributed by atoms with van der Waals surface area (Å²) in [6.45, 7) is 3.39. The first-order valence-corrected chi connectivity index (χ1v) is 7.67. The van der Waals surface area contributed by atoms with E-state index in [2.05, 4.69) is 5.32 Å². The van der Waals surface area contributed by atoms with Crippen LogP contribution in [0, 0.1) is 0 Å². The van der Waals surface area contributed by atoms with E-state index in [1.54, 1.807) is 20.9 Å². The van der Waals surface area contributed by atoms with Crippen LogP contribution in [0.1, 0.15) is 31.0 Å². The average Bonchev–Trinajstić information content (AvgIpc) is 2.51. The highest BCUT2D eigenvalue weighted by molar-refractivity contribution is 7.80. The van der Waals surface area contributed by atoms with Crippen molar-refractivity contribution in [2.24, 2.45) is 0 Å². The van der Waals surface area contributed by atoms with E-state index in [0.29, 0.717) is 5.70 Å². The Morgan fingerprint density at radius 1 is 1.38 bits per heavy atom. The van der Waals surface area contributed by atoms with Crippen LogP contribution in [0.25, 0.3) is 0 Å². The monoisotopic (exact) mass is 358 g/mol. The van der Waals surface area contributed by atoms with E-state index in [1.807, 2.05) is 0 Å². The molecule has 0 fully saturated rings. The van der Waals surface area contributed by atoms with Gasteiger partial charge in [-0.3, -0.25) is 0 Å². The lowest BCUT2D eigenvalue weighted by Gasteiger charge is -2.36. The number of rotatable bonds is 3. The molecule has 1 heterocycles. The molecule has 0 saturated carbocycles. The summed E-state index contributed by atoms with van der Waals surface area (Å²) in [5, 5.41) is 3.05. The molecule has 0 aromatic heterocycles. The molecule has 1 aromatic carbocycles. The van der Waals surface area contributed by atoms with Crippen molar-refractivity contribution in [1.82, 2.24) is 10.2 Å². The van der Waals surface area contributed by atoms with Gasteiger partial charge in [-0.1, -0.05) is 18.2 Å². The second-order valence-electron chi connectivity index (χ2n) is 5.25. The Hall–Kier alpha value is -2.09. The molecule has 1 atom stereocenters. The van der Waals surface area contributed by atoms with Crippen LogP contribution in [0.3, 0.4) is 0 Å². The summed E-state index contributed by atoms with van der Waals surface area (Å²) in [6, 6.07) is 4.09. The van der Waals surface area contributed by atoms with Gasteiger partial charge in [0.25, 0.3) is 0 Å². The molecule has 130 valence electrons. The third-order valence-electron chi connectivity index (χ3n) is 3.83. The number of nitrogens with zero attached hydrogens (tertiary/aromatic N) is 1. The molecule has 1 aromatic rings. The fourth-order valence-corrected chi connectivity index (χ4v) is 2.80. The van der Waals surface area contributed by atoms with Gasteiger partial charge in [0.2, 0.25) is 0 Å². The van der Waals surface area contributed by atoms with Crippen LogP contribution in [0.5, 0.6) is 0 Å². The second-order valence-corrected chi connectivity index (χ2v) is 5.63. The fraction of sp³-hybridized carbons (Fsp3) is 0.375. The summed E-state index contributed by atoms with van der Waals surface area (Å²) < 4.78 is 45.1. The van der Waals surface area contributed by atoms with Crippen LogP contribution in [-0.2, 0) is 15.7 Å². The topological polar surface area (TPSA) is 41.6 Å². The van der Waals surface area contributed by atoms with Crippen molar-refractivity contribution in [3.05, 3.63) is 46.7 Å². The van der Waals surface area contributed by atoms with Crippen LogP contribution >= 0.6 is 12.2 Å². The molecule has 0 aliphatic carbocycles. The minimum Gasteiger partial charge on any atom is -0.463 e. The number of alkyl halides is 3. The predicted molar refractivity (Wildman–Crippen MR) is 87.0 cm³/mol. The molecule has 0 saturated heterocycles. The SMILES string of the molecule is CCOC(=O)C1=C(C)N(C)C(=S)NC1c1ccccc1C(F)(F)F. The maximum atomic E-state index is 13.3. The number of ether oxygens (including phenoxy) is 1. The first-order valence-electron chi connectivity index (χ1n) is 7.26. The summed E-state index contributed by atoms with van der Waals surface area (Å²) in [4.78, 5) is 13.9.